The Hall–Kier alpha value is -3.83. The normalized spacial score (nSPS) is 14.4. The van der Waals surface area contributed by atoms with Crippen LogP contribution in [0.15, 0.2) is 97.5 Å². The number of nitrogens with zero attached hydrogens (tertiary/aromatic N) is 2. The topological polar surface area (TPSA) is 16.1 Å². The van der Waals surface area contributed by atoms with Gasteiger partial charge in [-0.15, -0.1) is 6.42 Å². The van der Waals surface area contributed by atoms with E-state index in [1.165, 1.54) is 16.7 Å². The molecule has 4 rings (SSSR count). The Balaban J connectivity index is 1.46. The number of rotatable bonds is 5. The fourth-order valence-electron chi connectivity index (χ4n) is 3.48. The van der Waals surface area contributed by atoms with Gasteiger partial charge in [-0.05, 0) is 57.8 Å². The van der Waals surface area contributed by atoms with E-state index in [2.05, 4.69) is 102 Å². The molecule has 1 aliphatic heterocycles. The molecule has 2 heterocycles. The molecule has 1 unspecified atom stereocenters. The van der Waals surface area contributed by atoms with Crippen molar-refractivity contribution in [2.24, 2.45) is 0 Å². The van der Waals surface area contributed by atoms with Crippen LogP contribution in [0.5, 0.6) is 0 Å². The van der Waals surface area contributed by atoms with Crippen molar-refractivity contribution in [2.75, 3.05) is 13.6 Å². The van der Waals surface area contributed by atoms with Crippen molar-refractivity contribution >= 4 is 11.6 Å². The van der Waals surface area contributed by atoms with Crippen LogP contribution in [-0.4, -0.2) is 23.5 Å². The van der Waals surface area contributed by atoms with Crippen LogP contribution >= 0.6 is 0 Å². The second-order valence-electron chi connectivity index (χ2n) is 7.40. The zero-order valence-electron chi connectivity index (χ0n) is 17.1. The van der Waals surface area contributed by atoms with Crippen molar-refractivity contribution in [3.8, 4) is 23.5 Å². The van der Waals surface area contributed by atoms with Crippen LogP contribution in [0, 0.1) is 12.3 Å². The monoisotopic (exact) mass is 388 g/mol. The summed E-state index contributed by atoms with van der Waals surface area (Å²) < 4.78 is 0. The van der Waals surface area contributed by atoms with Crippen molar-refractivity contribution in [3.63, 3.8) is 0 Å². The zero-order chi connectivity index (χ0) is 20.8. The Morgan fingerprint density at radius 3 is 2.23 bits per heavy atom. The molecule has 0 bridgehead atoms. The lowest BCUT2D eigenvalue weighted by atomic mass is 9.95. The highest BCUT2D eigenvalue weighted by Gasteiger charge is 2.07. The average Bonchev–Trinajstić information content (AvgIpc) is 2.81. The number of allylic oxidation sites excluding steroid dienone is 3. The molecule has 1 atom stereocenters. The van der Waals surface area contributed by atoms with E-state index < -0.39 is 0 Å². The molecule has 2 nitrogen and oxygen atoms in total. The molecule has 0 radical (unpaired) electrons. The molecular formula is C28H24N2. The SMILES string of the molecule is C#CC(/C=C/c1ccc(-c2ccncc2)cc1)c1ccc(C2=CCN(C)C=C2)cc1. The molecule has 0 N–H and O–H groups in total. The number of likely N-dealkylation sites (N-methyl/N-ethyl adjacent to an activating group) is 1. The van der Waals surface area contributed by atoms with Crippen LogP contribution in [-0.2, 0) is 0 Å². The maximum Gasteiger partial charge on any atom is 0.0633 e. The average molecular weight is 389 g/mol. The summed E-state index contributed by atoms with van der Waals surface area (Å²) in [6, 6.07) is 21.1. The van der Waals surface area contributed by atoms with Gasteiger partial charge in [0.05, 0.1) is 5.92 Å². The van der Waals surface area contributed by atoms with Crippen molar-refractivity contribution < 1.29 is 0 Å². The molecule has 3 aromatic rings. The van der Waals surface area contributed by atoms with E-state index in [1.807, 2.05) is 24.5 Å². The van der Waals surface area contributed by atoms with Gasteiger partial charge in [-0.25, -0.2) is 0 Å². The van der Waals surface area contributed by atoms with Gasteiger partial charge in [0.1, 0.15) is 0 Å². The van der Waals surface area contributed by atoms with Crippen molar-refractivity contribution in [1.82, 2.24) is 9.88 Å². The minimum atomic E-state index is -0.0547. The summed E-state index contributed by atoms with van der Waals surface area (Å²) in [5, 5.41) is 0. The second-order valence-corrected chi connectivity index (χ2v) is 7.40. The van der Waals surface area contributed by atoms with E-state index in [0.29, 0.717) is 0 Å². The van der Waals surface area contributed by atoms with Gasteiger partial charge < -0.3 is 4.90 Å². The number of aromatic nitrogens is 1. The molecule has 30 heavy (non-hydrogen) atoms. The third-order valence-corrected chi connectivity index (χ3v) is 5.30. The van der Waals surface area contributed by atoms with E-state index in [9.17, 15) is 0 Å². The van der Waals surface area contributed by atoms with Gasteiger partial charge >= 0.3 is 0 Å². The van der Waals surface area contributed by atoms with E-state index >= 15 is 0 Å². The zero-order valence-corrected chi connectivity index (χ0v) is 17.1. The maximum absolute atomic E-state index is 5.83. The number of terminal acetylenes is 1. The quantitative estimate of drug-likeness (QED) is 0.497. The molecule has 0 saturated heterocycles. The van der Waals surface area contributed by atoms with Crippen LogP contribution in [0.2, 0.25) is 0 Å². The first-order valence-corrected chi connectivity index (χ1v) is 10.1. The van der Waals surface area contributed by atoms with Gasteiger partial charge in [0.2, 0.25) is 0 Å². The molecule has 0 spiro atoms. The van der Waals surface area contributed by atoms with Crippen LogP contribution in [0.4, 0.5) is 0 Å². The Labute approximate surface area is 178 Å². The first-order chi connectivity index (χ1) is 14.7. The highest BCUT2D eigenvalue weighted by Crippen LogP contribution is 2.24. The van der Waals surface area contributed by atoms with Gasteiger partial charge in [0.15, 0.2) is 0 Å². The van der Waals surface area contributed by atoms with Crippen LogP contribution in [0.3, 0.4) is 0 Å². The minimum Gasteiger partial charge on any atom is -0.377 e. The lowest BCUT2D eigenvalue weighted by molar-refractivity contribution is 0.506. The molecule has 2 aromatic carbocycles. The Kier molecular flexibility index (Phi) is 5.92. The molecule has 0 amide bonds. The summed E-state index contributed by atoms with van der Waals surface area (Å²) in [6.07, 6.45) is 20.1. The number of hydrogen-bond donors (Lipinski definition) is 0. The molecule has 0 fully saturated rings. The molecule has 0 saturated carbocycles. The fourth-order valence-corrected chi connectivity index (χ4v) is 3.48. The van der Waals surface area contributed by atoms with Gasteiger partial charge in [-0.3, -0.25) is 4.98 Å². The lowest BCUT2D eigenvalue weighted by Crippen LogP contribution is -2.13. The van der Waals surface area contributed by atoms with Crippen LogP contribution in [0.1, 0.15) is 22.6 Å². The van der Waals surface area contributed by atoms with E-state index in [4.69, 9.17) is 6.42 Å². The van der Waals surface area contributed by atoms with E-state index in [1.54, 1.807) is 0 Å². The number of hydrogen-bond acceptors (Lipinski definition) is 2. The van der Waals surface area contributed by atoms with Gasteiger partial charge in [-0.1, -0.05) is 72.7 Å². The number of pyridine rings is 1. The summed E-state index contributed by atoms with van der Waals surface area (Å²) in [5.74, 6) is 2.85. The summed E-state index contributed by atoms with van der Waals surface area (Å²) >= 11 is 0. The summed E-state index contributed by atoms with van der Waals surface area (Å²) in [5.41, 5.74) is 7.07. The predicted octanol–water partition coefficient (Wildman–Crippen LogP) is 6.02. The van der Waals surface area contributed by atoms with Crippen molar-refractivity contribution in [2.45, 2.75) is 5.92 Å². The number of benzene rings is 2. The highest BCUT2D eigenvalue weighted by molar-refractivity contribution is 5.75. The van der Waals surface area contributed by atoms with Crippen LogP contribution in [0.25, 0.3) is 22.8 Å². The largest absolute Gasteiger partial charge is 0.377 e. The third-order valence-electron chi connectivity index (χ3n) is 5.30. The minimum absolute atomic E-state index is 0.0547. The smallest absolute Gasteiger partial charge is 0.0633 e. The van der Waals surface area contributed by atoms with Crippen LogP contribution < -0.4 is 0 Å². The molecule has 1 aliphatic rings. The highest BCUT2D eigenvalue weighted by atomic mass is 15.1. The standard InChI is InChI=1S/C28H24N2/c1-3-23(24-10-12-26(13-11-24)28-16-20-30(2)21-17-28)7-4-22-5-8-25(9-6-22)27-14-18-29-19-15-27/h1,4-20,23H,21H2,2H3/b7-4+. The van der Waals surface area contributed by atoms with Gasteiger partial charge in [-0.2, -0.15) is 0 Å². The van der Waals surface area contributed by atoms with Crippen molar-refractivity contribution in [1.29, 1.82) is 0 Å². The molecule has 146 valence electrons. The third kappa shape index (κ3) is 4.59. The second kappa shape index (κ2) is 9.11. The predicted molar refractivity (Wildman–Crippen MR) is 126 cm³/mol. The van der Waals surface area contributed by atoms with E-state index in [-0.39, 0.29) is 5.92 Å². The Bertz CT molecular complexity index is 1110. The lowest BCUT2D eigenvalue weighted by Gasteiger charge is -2.17. The summed E-state index contributed by atoms with van der Waals surface area (Å²) in [7, 11) is 2.07. The Morgan fingerprint density at radius 2 is 1.60 bits per heavy atom. The summed E-state index contributed by atoms with van der Waals surface area (Å²) in [6.45, 7) is 0.934. The van der Waals surface area contributed by atoms with E-state index in [0.717, 1.165) is 23.2 Å². The maximum atomic E-state index is 5.83. The molecule has 2 heteroatoms. The molecular weight excluding hydrogens is 364 g/mol. The first-order valence-electron chi connectivity index (χ1n) is 10.1. The van der Waals surface area contributed by atoms with Gasteiger partial charge in [0.25, 0.3) is 0 Å². The van der Waals surface area contributed by atoms with Crippen molar-refractivity contribution in [3.05, 3.63) is 114 Å². The summed E-state index contributed by atoms with van der Waals surface area (Å²) in [4.78, 5) is 6.23. The molecule has 1 aromatic heterocycles. The first kappa shape index (κ1) is 19.5. The van der Waals surface area contributed by atoms with Gasteiger partial charge in [0, 0.05) is 26.0 Å². The molecule has 0 aliphatic carbocycles. The fraction of sp³-hybridized carbons (Fsp3) is 0.107. The Morgan fingerprint density at radius 1 is 0.933 bits per heavy atom.